The van der Waals surface area contributed by atoms with E-state index >= 15 is 0 Å². The second kappa shape index (κ2) is 10.2. The Hall–Kier alpha value is -1.65. The van der Waals surface area contributed by atoms with Crippen LogP contribution >= 0.6 is 23.4 Å². The van der Waals surface area contributed by atoms with Gasteiger partial charge in [-0.2, -0.15) is 11.8 Å². The average molecular weight is 350 g/mol. The third kappa shape index (κ3) is 6.97. The molecule has 0 saturated heterocycles. The Balaban J connectivity index is 1.53. The van der Waals surface area contributed by atoms with E-state index in [1.165, 1.54) is 5.56 Å². The van der Waals surface area contributed by atoms with E-state index in [0.717, 1.165) is 11.5 Å². The van der Waals surface area contributed by atoms with Crippen LogP contribution < -0.4 is 10.1 Å². The Morgan fingerprint density at radius 3 is 2.61 bits per heavy atom. The second-order valence-electron chi connectivity index (χ2n) is 4.92. The van der Waals surface area contributed by atoms with Gasteiger partial charge in [0.1, 0.15) is 12.4 Å². The highest BCUT2D eigenvalue weighted by Crippen LogP contribution is 2.22. The zero-order valence-corrected chi connectivity index (χ0v) is 14.4. The van der Waals surface area contributed by atoms with Gasteiger partial charge in [0.25, 0.3) is 0 Å². The largest absolute Gasteiger partial charge is 0.490 e. The smallest absolute Gasteiger partial charge is 0.220 e. The van der Waals surface area contributed by atoms with Crippen LogP contribution in [0.5, 0.6) is 5.75 Å². The Bertz CT molecular complexity index is 607. The molecule has 2 aromatic carbocycles. The Morgan fingerprint density at radius 2 is 1.83 bits per heavy atom. The summed E-state index contributed by atoms with van der Waals surface area (Å²) in [6.45, 7) is 0.889. The van der Waals surface area contributed by atoms with E-state index in [-0.39, 0.29) is 5.91 Å². The predicted octanol–water partition coefficient (Wildman–Crippen LogP) is 4.16. The molecule has 0 unspecified atom stereocenters. The molecule has 0 aromatic heterocycles. The number of hydrogen-bond acceptors (Lipinski definition) is 3. The van der Waals surface area contributed by atoms with Gasteiger partial charge in [0.05, 0.1) is 11.6 Å². The van der Waals surface area contributed by atoms with Gasteiger partial charge in [0.2, 0.25) is 5.91 Å². The van der Waals surface area contributed by atoms with Crippen LogP contribution in [0.25, 0.3) is 0 Å². The van der Waals surface area contributed by atoms with Crippen molar-refractivity contribution in [2.45, 2.75) is 12.2 Å². The van der Waals surface area contributed by atoms with Gasteiger partial charge in [-0.25, -0.2) is 0 Å². The third-order valence-electron chi connectivity index (χ3n) is 3.10. The second-order valence-corrected chi connectivity index (χ2v) is 6.43. The summed E-state index contributed by atoms with van der Waals surface area (Å²) in [5.41, 5.74) is 1.28. The zero-order valence-electron chi connectivity index (χ0n) is 12.8. The Morgan fingerprint density at radius 1 is 1.09 bits per heavy atom. The molecule has 0 saturated carbocycles. The van der Waals surface area contributed by atoms with Crippen LogP contribution in [0, 0.1) is 0 Å². The van der Waals surface area contributed by atoms with Gasteiger partial charge in [-0.05, 0) is 17.7 Å². The van der Waals surface area contributed by atoms with Crippen molar-refractivity contribution in [2.75, 3.05) is 18.9 Å². The lowest BCUT2D eigenvalue weighted by molar-refractivity contribution is -0.120. The van der Waals surface area contributed by atoms with Crippen molar-refractivity contribution in [1.29, 1.82) is 0 Å². The van der Waals surface area contributed by atoms with Crippen molar-refractivity contribution in [3.63, 3.8) is 0 Å². The molecule has 0 bridgehead atoms. The fourth-order valence-electron chi connectivity index (χ4n) is 1.93. The van der Waals surface area contributed by atoms with Crippen molar-refractivity contribution >= 4 is 29.3 Å². The predicted molar refractivity (Wildman–Crippen MR) is 97.2 cm³/mol. The lowest BCUT2D eigenvalue weighted by Gasteiger charge is -2.09. The van der Waals surface area contributed by atoms with Crippen molar-refractivity contribution in [2.24, 2.45) is 0 Å². The number of halogens is 1. The van der Waals surface area contributed by atoms with E-state index in [1.54, 1.807) is 17.8 Å². The Kier molecular flexibility index (Phi) is 7.84. The highest BCUT2D eigenvalue weighted by atomic mass is 35.5. The summed E-state index contributed by atoms with van der Waals surface area (Å²) in [5.74, 6) is 2.44. The molecule has 0 aliphatic carbocycles. The van der Waals surface area contributed by atoms with E-state index in [4.69, 9.17) is 16.3 Å². The molecule has 3 nitrogen and oxygen atoms in total. The number of hydrogen-bond donors (Lipinski definition) is 1. The molecule has 5 heteroatoms. The number of benzene rings is 2. The minimum absolute atomic E-state index is 0.0494. The average Bonchev–Trinajstić information content (AvgIpc) is 2.58. The first-order valence-corrected chi connectivity index (χ1v) is 9.04. The first kappa shape index (κ1) is 17.7. The van der Waals surface area contributed by atoms with Crippen molar-refractivity contribution in [1.82, 2.24) is 5.32 Å². The normalized spacial score (nSPS) is 10.3. The quantitative estimate of drug-likeness (QED) is 0.691. The summed E-state index contributed by atoms with van der Waals surface area (Å²) in [6.07, 6.45) is 0.517. The molecule has 0 fully saturated rings. The fraction of sp³-hybridized carbons (Fsp3) is 0.278. The summed E-state index contributed by atoms with van der Waals surface area (Å²) in [6, 6.07) is 17.6. The fourth-order valence-corrected chi connectivity index (χ4v) is 3.02. The van der Waals surface area contributed by atoms with Crippen LogP contribution in [0.3, 0.4) is 0 Å². The number of thioether (sulfide) groups is 1. The van der Waals surface area contributed by atoms with E-state index in [9.17, 15) is 4.79 Å². The van der Waals surface area contributed by atoms with Crippen LogP contribution in [-0.2, 0) is 10.5 Å². The van der Waals surface area contributed by atoms with Gasteiger partial charge in [0.15, 0.2) is 0 Å². The molecular weight excluding hydrogens is 330 g/mol. The SMILES string of the molecule is O=C(CCSCc1ccccc1)NCCOc1ccccc1Cl. The van der Waals surface area contributed by atoms with E-state index in [0.29, 0.717) is 30.3 Å². The molecule has 0 aliphatic heterocycles. The van der Waals surface area contributed by atoms with Crippen molar-refractivity contribution in [3.8, 4) is 5.75 Å². The molecule has 1 amide bonds. The zero-order chi connectivity index (χ0) is 16.3. The van der Waals surface area contributed by atoms with Crippen LogP contribution in [0.2, 0.25) is 5.02 Å². The minimum Gasteiger partial charge on any atom is -0.490 e. The number of carbonyl (C=O) groups is 1. The molecule has 0 spiro atoms. The van der Waals surface area contributed by atoms with E-state index in [1.807, 2.05) is 36.4 Å². The van der Waals surface area contributed by atoms with Gasteiger partial charge >= 0.3 is 0 Å². The number of para-hydroxylation sites is 1. The van der Waals surface area contributed by atoms with Gasteiger partial charge in [0, 0.05) is 17.9 Å². The van der Waals surface area contributed by atoms with Crippen LogP contribution in [-0.4, -0.2) is 24.8 Å². The van der Waals surface area contributed by atoms with Gasteiger partial charge in [-0.3, -0.25) is 4.79 Å². The monoisotopic (exact) mass is 349 g/mol. The van der Waals surface area contributed by atoms with Crippen LogP contribution in [0.1, 0.15) is 12.0 Å². The van der Waals surface area contributed by atoms with Gasteiger partial charge < -0.3 is 10.1 Å². The summed E-state index contributed by atoms with van der Waals surface area (Å²) < 4.78 is 5.52. The molecular formula is C18H20ClNO2S. The standard InChI is InChI=1S/C18H20ClNO2S/c19-16-8-4-5-9-17(16)22-12-11-20-18(21)10-13-23-14-15-6-2-1-3-7-15/h1-9H,10-14H2,(H,20,21). The van der Waals surface area contributed by atoms with E-state index in [2.05, 4.69) is 17.4 Å². The topological polar surface area (TPSA) is 38.3 Å². The molecule has 2 aromatic rings. The molecule has 2 rings (SSSR count). The van der Waals surface area contributed by atoms with Crippen molar-refractivity contribution in [3.05, 3.63) is 65.2 Å². The highest BCUT2D eigenvalue weighted by molar-refractivity contribution is 7.98. The number of carbonyl (C=O) groups excluding carboxylic acids is 1. The number of rotatable bonds is 9. The van der Waals surface area contributed by atoms with Gasteiger partial charge in [-0.1, -0.05) is 54.1 Å². The van der Waals surface area contributed by atoms with Crippen LogP contribution in [0.15, 0.2) is 54.6 Å². The number of nitrogens with one attached hydrogen (secondary N) is 1. The van der Waals surface area contributed by atoms with Crippen LogP contribution in [0.4, 0.5) is 0 Å². The highest BCUT2D eigenvalue weighted by Gasteiger charge is 2.03. The maximum atomic E-state index is 11.7. The summed E-state index contributed by atoms with van der Waals surface area (Å²) in [5, 5.41) is 3.43. The minimum atomic E-state index is 0.0494. The van der Waals surface area contributed by atoms with Gasteiger partial charge in [-0.15, -0.1) is 0 Å². The molecule has 0 radical (unpaired) electrons. The summed E-state index contributed by atoms with van der Waals surface area (Å²) in [4.78, 5) is 11.7. The van der Waals surface area contributed by atoms with Crippen molar-refractivity contribution < 1.29 is 9.53 Å². The molecule has 0 aliphatic rings. The first-order chi connectivity index (χ1) is 11.3. The summed E-state index contributed by atoms with van der Waals surface area (Å²) in [7, 11) is 0. The molecule has 23 heavy (non-hydrogen) atoms. The lowest BCUT2D eigenvalue weighted by Crippen LogP contribution is -2.28. The molecule has 1 N–H and O–H groups in total. The molecule has 0 atom stereocenters. The maximum absolute atomic E-state index is 11.7. The number of amides is 1. The van der Waals surface area contributed by atoms with E-state index < -0.39 is 0 Å². The maximum Gasteiger partial charge on any atom is 0.220 e. The first-order valence-electron chi connectivity index (χ1n) is 7.51. The third-order valence-corrected chi connectivity index (χ3v) is 4.45. The number of ether oxygens (including phenoxy) is 1. The molecule has 0 heterocycles. The molecule has 122 valence electrons. The Labute approximate surface area is 146 Å². The summed E-state index contributed by atoms with van der Waals surface area (Å²) >= 11 is 7.75. The lowest BCUT2D eigenvalue weighted by atomic mass is 10.2.